The van der Waals surface area contributed by atoms with Crippen LogP contribution in [0.4, 0.5) is 5.82 Å². The summed E-state index contributed by atoms with van der Waals surface area (Å²) in [5, 5.41) is 4.66. The molecule has 3 aliphatic heterocycles. The third-order valence-electron chi connectivity index (χ3n) is 5.12. The van der Waals surface area contributed by atoms with E-state index in [0.29, 0.717) is 25.1 Å². The van der Waals surface area contributed by atoms with Crippen molar-refractivity contribution in [2.45, 2.75) is 44.0 Å². The standard InChI is InChI=1S/C15H23N5O2/c1-18-14-6-10(17-20(14)5-3-13(16)15(18)21)2-4-19-8-12-7-11(19)9-22-12/h6,11-13H,2-5,7-9,16H2,1H3/t11?,12?,13-/m0/s1. The third-order valence-corrected chi connectivity index (χ3v) is 5.12. The van der Waals surface area contributed by atoms with Crippen LogP contribution in [-0.4, -0.2) is 65.5 Å². The van der Waals surface area contributed by atoms with Crippen LogP contribution in [0.15, 0.2) is 6.07 Å². The molecule has 1 amide bonds. The number of fused-ring (bicyclic) bond motifs is 3. The maximum Gasteiger partial charge on any atom is 0.244 e. The van der Waals surface area contributed by atoms with Crippen LogP contribution in [0.25, 0.3) is 0 Å². The summed E-state index contributed by atoms with van der Waals surface area (Å²) in [5.41, 5.74) is 6.92. The number of carbonyl (C=O) groups excluding carboxylic acids is 1. The lowest BCUT2D eigenvalue weighted by Gasteiger charge is -2.26. The van der Waals surface area contributed by atoms with Gasteiger partial charge in [-0.3, -0.25) is 14.6 Å². The van der Waals surface area contributed by atoms with E-state index >= 15 is 0 Å². The van der Waals surface area contributed by atoms with Crippen molar-refractivity contribution in [3.05, 3.63) is 11.8 Å². The summed E-state index contributed by atoms with van der Waals surface area (Å²) in [5.74, 6) is 0.832. The topological polar surface area (TPSA) is 76.6 Å². The largest absolute Gasteiger partial charge is 0.375 e. The Kier molecular flexibility index (Phi) is 3.43. The molecule has 0 aliphatic carbocycles. The Labute approximate surface area is 130 Å². The zero-order chi connectivity index (χ0) is 15.3. The first-order valence-corrected chi connectivity index (χ1v) is 8.07. The van der Waals surface area contributed by atoms with E-state index < -0.39 is 6.04 Å². The summed E-state index contributed by atoms with van der Waals surface area (Å²) >= 11 is 0. The average molecular weight is 305 g/mol. The first-order valence-electron chi connectivity index (χ1n) is 8.07. The minimum absolute atomic E-state index is 0.0285. The number of likely N-dealkylation sites (tertiary alicyclic amines) is 1. The summed E-state index contributed by atoms with van der Waals surface area (Å²) in [6.07, 6.45) is 3.17. The van der Waals surface area contributed by atoms with Crippen LogP contribution >= 0.6 is 0 Å². The molecule has 2 bridgehead atoms. The minimum Gasteiger partial charge on any atom is -0.375 e. The molecular formula is C15H23N5O2. The van der Waals surface area contributed by atoms with E-state index in [0.717, 1.165) is 37.6 Å². The highest BCUT2D eigenvalue weighted by Crippen LogP contribution is 2.28. The summed E-state index contributed by atoms with van der Waals surface area (Å²) in [6, 6.07) is 2.20. The minimum atomic E-state index is -0.421. The van der Waals surface area contributed by atoms with Crippen LogP contribution in [0.3, 0.4) is 0 Å². The second-order valence-corrected chi connectivity index (χ2v) is 6.60. The molecule has 2 N–H and O–H groups in total. The maximum absolute atomic E-state index is 12.1. The van der Waals surface area contributed by atoms with Gasteiger partial charge in [-0.2, -0.15) is 5.10 Å². The Bertz CT molecular complexity index is 586. The molecule has 4 heterocycles. The predicted molar refractivity (Wildman–Crippen MR) is 81.7 cm³/mol. The molecule has 3 aliphatic rings. The maximum atomic E-state index is 12.1. The smallest absolute Gasteiger partial charge is 0.244 e. The Morgan fingerprint density at radius 1 is 1.50 bits per heavy atom. The van der Waals surface area contributed by atoms with Crippen LogP contribution in [0.5, 0.6) is 0 Å². The first kappa shape index (κ1) is 14.2. The number of aryl methyl sites for hydroxylation is 1. The van der Waals surface area contributed by atoms with Crippen LogP contribution in [-0.2, 0) is 22.5 Å². The molecule has 2 saturated heterocycles. The van der Waals surface area contributed by atoms with Crippen LogP contribution in [0.1, 0.15) is 18.5 Å². The Morgan fingerprint density at radius 3 is 3.09 bits per heavy atom. The fourth-order valence-corrected chi connectivity index (χ4v) is 3.77. The van der Waals surface area contributed by atoms with Crippen molar-refractivity contribution in [3.8, 4) is 0 Å². The lowest BCUT2D eigenvalue weighted by Crippen LogP contribution is -2.40. The summed E-state index contributed by atoms with van der Waals surface area (Å²) in [7, 11) is 1.78. The monoisotopic (exact) mass is 305 g/mol. The number of amides is 1. The predicted octanol–water partition coefficient (Wildman–Crippen LogP) is -0.407. The van der Waals surface area contributed by atoms with E-state index in [1.807, 2.05) is 10.7 Å². The quantitative estimate of drug-likeness (QED) is 0.822. The van der Waals surface area contributed by atoms with Gasteiger partial charge in [-0.1, -0.05) is 0 Å². The molecule has 7 nitrogen and oxygen atoms in total. The second kappa shape index (κ2) is 5.33. The van der Waals surface area contributed by atoms with Crippen molar-refractivity contribution in [2.24, 2.45) is 5.73 Å². The molecule has 0 spiro atoms. The Balaban J connectivity index is 1.44. The number of morpholine rings is 1. The molecule has 0 radical (unpaired) electrons. The van der Waals surface area contributed by atoms with Gasteiger partial charge in [-0.25, -0.2) is 4.68 Å². The third kappa shape index (κ3) is 2.33. The van der Waals surface area contributed by atoms with Gasteiger partial charge in [0, 0.05) is 45.2 Å². The van der Waals surface area contributed by atoms with E-state index in [9.17, 15) is 4.79 Å². The fraction of sp³-hybridized carbons (Fsp3) is 0.733. The van der Waals surface area contributed by atoms with E-state index in [1.165, 1.54) is 6.42 Å². The van der Waals surface area contributed by atoms with Gasteiger partial charge in [0.2, 0.25) is 5.91 Å². The Hall–Kier alpha value is -1.44. The number of rotatable bonds is 3. The second-order valence-electron chi connectivity index (χ2n) is 6.60. The van der Waals surface area contributed by atoms with Gasteiger partial charge < -0.3 is 10.5 Å². The van der Waals surface area contributed by atoms with Crippen molar-refractivity contribution >= 4 is 11.7 Å². The molecule has 0 aromatic carbocycles. The van der Waals surface area contributed by atoms with Crippen molar-refractivity contribution in [2.75, 3.05) is 31.6 Å². The van der Waals surface area contributed by atoms with Gasteiger partial charge in [0.1, 0.15) is 5.82 Å². The van der Waals surface area contributed by atoms with Crippen molar-refractivity contribution < 1.29 is 9.53 Å². The SMILES string of the molecule is CN1C(=O)[C@@H](N)CCn2nc(CCN3CC4CC3CO4)cc21. The van der Waals surface area contributed by atoms with E-state index in [4.69, 9.17) is 10.5 Å². The number of nitrogens with two attached hydrogens (primary N) is 1. The molecular weight excluding hydrogens is 282 g/mol. The van der Waals surface area contributed by atoms with Crippen molar-refractivity contribution in [3.63, 3.8) is 0 Å². The molecule has 3 atom stereocenters. The van der Waals surface area contributed by atoms with Crippen LogP contribution in [0.2, 0.25) is 0 Å². The van der Waals surface area contributed by atoms with Gasteiger partial charge in [0.25, 0.3) is 0 Å². The molecule has 22 heavy (non-hydrogen) atoms. The molecule has 2 fully saturated rings. The van der Waals surface area contributed by atoms with Gasteiger partial charge in [0.15, 0.2) is 0 Å². The molecule has 0 saturated carbocycles. The number of hydrogen-bond acceptors (Lipinski definition) is 5. The number of ether oxygens (including phenoxy) is 1. The summed E-state index contributed by atoms with van der Waals surface area (Å²) in [6.45, 7) is 3.64. The highest BCUT2D eigenvalue weighted by atomic mass is 16.5. The highest BCUT2D eigenvalue weighted by Gasteiger charge is 2.38. The van der Waals surface area contributed by atoms with Crippen molar-refractivity contribution in [1.82, 2.24) is 14.7 Å². The lowest BCUT2D eigenvalue weighted by atomic mass is 10.2. The van der Waals surface area contributed by atoms with E-state index in [-0.39, 0.29) is 5.91 Å². The fourth-order valence-electron chi connectivity index (χ4n) is 3.77. The number of anilines is 1. The first-order chi connectivity index (χ1) is 10.6. The summed E-state index contributed by atoms with van der Waals surface area (Å²) < 4.78 is 7.55. The normalized spacial score (nSPS) is 31.6. The van der Waals surface area contributed by atoms with Crippen LogP contribution < -0.4 is 10.6 Å². The molecule has 1 aromatic rings. The Morgan fingerprint density at radius 2 is 2.36 bits per heavy atom. The van der Waals surface area contributed by atoms with E-state index in [1.54, 1.807) is 11.9 Å². The number of likely N-dealkylation sites (N-methyl/N-ethyl adjacent to an activating group) is 1. The zero-order valence-corrected chi connectivity index (χ0v) is 12.9. The molecule has 120 valence electrons. The number of aromatic nitrogens is 2. The van der Waals surface area contributed by atoms with Crippen molar-refractivity contribution in [1.29, 1.82) is 0 Å². The number of carbonyl (C=O) groups is 1. The molecule has 1 aromatic heterocycles. The van der Waals surface area contributed by atoms with Crippen LogP contribution in [0, 0.1) is 0 Å². The molecule has 2 unspecified atom stereocenters. The molecule has 7 heteroatoms. The summed E-state index contributed by atoms with van der Waals surface area (Å²) in [4.78, 5) is 16.3. The van der Waals surface area contributed by atoms with Gasteiger partial charge in [0.05, 0.1) is 24.4 Å². The van der Waals surface area contributed by atoms with Gasteiger partial charge >= 0.3 is 0 Å². The number of nitrogens with zero attached hydrogens (tertiary/aromatic N) is 4. The lowest BCUT2D eigenvalue weighted by molar-refractivity contribution is -0.119. The highest BCUT2D eigenvalue weighted by molar-refractivity contribution is 5.96. The van der Waals surface area contributed by atoms with Gasteiger partial charge in [-0.15, -0.1) is 0 Å². The number of hydrogen-bond donors (Lipinski definition) is 1. The average Bonchev–Trinajstić information content (AvgIpc) is 3.22. The molecule has 4 rings (SSSR count). The zero-order valence-electron chi connectivity index (χ0n) is 12.9. The van der Waals surface area contributed by atoms with Gasteiger partial charge in [-0.05, 0) is 12.8 Å². The van der Waals surface area contributed by atoms with E-state index in [2.05, 4.69) is 10.00 Å².